The monoisotopic (exact) mass is 646 g/mol. The lowest BCUT2D eigenvalue weighted by atomic mass is 9.52. The van der Waals surface area contributed by atoms with E-state index in [1.54, 1.807) is 13.1 Å². The van der Waals surface area contributed by atoms with Crippen molar-refractivity contribution >= 4 is 35.6 Å². The highest BCUT2D eigenvalue weighted by atomic mass is 16.6. The minimum Gasteiger partial charge on any atom is -0.504 e. The van der Waals surface area contributed by atoms with Crippen molar-refractivity contribution in [2.45, 2.75) is 94.6 Å². The molecule has 0 fully saturated rings. The maximum Gasteiger partial charge on any atom is 0.326 e. The van der Waals surface area contributed by atoms with Gasteiger partial charge in [0.05, 0.1) is 29.8 Å². The Morgan fingerprint density at radius 2 is 1.80 bits per heavy atom. The molecular weight excluding hydrogens is 608 g/mol. The standard InChI is InChI=1S/C31H38N2O13/c1-5-30-24-16-6-7-19(35)25(24)46-26(30)20(8-9-31(30,43)21(11-16)32-4)45-23(38)12-17(10-14(2)34)29(42)44-15(3)27(39)33-18(28(40)41)13-22(36)37/h6-8,15,17-18,21,26,32,35,43H,5,9-13H2,1-4H3,(H,33,39)(H,36,37)(H,40,41)/t15-,17-,18+,21+,26-,30-,31+/m0/s1. The fourth-order valence-corrected chi connectivity index (χ4v) is 6.92. The fraction of sp³-hybridized carbons (Fsp3) is 0.548. The predicted molar refractivity (Wildman–Crippen MR) is 156 cm³/mol. The molecule has 1 aliphatic heterocycles. The average molecular weight is 647 g/mol. The SMILES string of the molecule is CC[C@]12c3c4ccc(O)c3O[C@H]1C(OC(=O)C[C@H](CC(C)=O)C(=O)O[C@@H](C)C(=O)N[C@H](CC(=O)O)C(=O)O)=CC[C@@]2(O)[C@H](NC)C4. The Labute approximate surface area is 263 Å². The van der Waals surface area contributed by atoms with Gasteiger partial charge >= 0.3 is 23.9 Å². The second-order valence-electron chi connectivity index (χ2n) is 11.9. The number of nitrogens with one attached hydrogen (secondary N) is 2. The second kappa shape index (κ2) is 13.1. The van der Waals surface area contributed by atoms with Gasteiger partial charge in [0.15, 0.2) is 23.7 Å². The van der Waals surface area contributed by atoms with Crippen molar-refractivity contribution in [3.8, 4) is 11.5 Å². The van der Waals surface area contributed by atoms with Crippen LogP contribution in [0.2, 0.25) is 0 Å². The normalized spacial score (nSPS) is 25.9. The lowest BCUT2D eigenvalue weighted by molar-refractivity contribution is -0.163. The van der Waals surface area contributed by atoms with Gasteiger partial charge in [-0.25, -0.2) is 4.79 Å². The number of rotatable bonds is 14. The van der Waals surface area contributed by atoms with Crippen LogP contribution in [-0.4, -0.2) is 92.9 Å². The molecule has 15 heteroatoms. The summed E-state index contributed by atoms with van der Waals surface area (Å²) in [5, 5.41) is 46.0. The van der Waals surface area contributed by atoms with Gasteiger partial charge in [-0.1, -0.05) is 13.0 Å². The number of amides is 1. The Morgan fingerprint density at radius 3 is 2.39 bits per heavy atom. The van der Waals surface area contributed by atoms with Gasteiger partial charge < -0.3 is 50.1 Å². The van der Waals surface area contributed by atoms with Gasteiger partial charge in [0.2, 0.25) is 0 Å². The largest absolute Gasteiger partial charge is 0.504 e. The van der Waals surface area contributed by atoms with Crippen LogP contribution in [0.4, 0.5) is 0 Å². The number of carboxylic acids is 2. The maximum atomic E-state index is 13.3. The molecule has 4 rings (SSSR count). The number of phenolic OH excluding ortho intramolecular Hbond substituents is 1. The number of likely N-dealkylation sites (N-methyl/N-ethyl adjacent to an activating group) is 1. The molecule has 7 atom stereocenters. The van der Waals surface area contributed by atoms with Gasteiger partial charge in [0.1, 0.15) is 17.6 Å². The van der Waals surface area contributed by atoms with E-state index in [4.69, 9.17) is 24.4 Å². The molecule has 0 saturated carbocycles. The molecule has 6 N–H and O–H groups in total. The lowest BCUT2D eigenvalue weighted by Crippen LogP contribution is -2.70. The summed E-state index contributed by atoms with van der Waals surface area (Å²) < 4.78 is 17.1. The minimum absolute atomic E-state index is 0.0654. The number of phenols is 1. The third kappa shape index (κ3) is 6.03. The molecule has 1 aromatic rings. The number of ether oxygens (including phenoxy) is 3. The van der Waals surface area contributed by atoms with Crippen molar-refractivity contribution in [3.63, 3.8) is 0 Å². The first kappa shape index (κ1) is 34.4. The summed E-state index contributed by atoms with van der Waals surface area (Å²) in [6, 6.07) is 1.11. The Bertz CT molecular complexity index is 1490. The molecule has 0 unspecified atom stereocenters. The summed E-state index contributed by atoms with van der Waals surface area (Å²) in [5.74, 6) is -7.94. The Balaban J connectivity index is 1.52. The summed E-state index contributed by atoms with van der Waals surface area (Å²) in [4.78, 5) is 72.9. The highest BCUT2D eigenvalue weighted by Crippen LogP contribution is 2.63. The van der Waals surface area contributed by atoms with Crippen LogP contribution in [-0.2, 0) is 50.1 Å². The Morgan fingerprint density at radius 1 is 1.11 bits per heavy atom. The first-order valence-corrected chi connectivity index (χ1v) is 14.9. The van der Waals surface area contributed by atoms with E-state index >= 15 is 0 Å². The van der Waals surface area contributed by atoms with Gasteiger partial charge in [-0.05, 0) is 51.4 Å². The predicted octanol–water partition coefficient (Wildman–Crippen LogP) is 0.468. The number of aliphatic hydroxyl groups is 1. The maximum absolute atomic E-state index is 13.3. The molecule has 46 heavy (non-hydrogen) atoms. The molecule has 1 aromatic carbocycles. The molecule has 0 spiro atoms. The number of benzene rings is 1. The smallest absolute Gasteiger partial charge is 0.326 e. The van der Waals surface area contributed by atoms with E-state index in [1.807, 2.05) is 12.2 Å². The summed E-state index contributed by atoms with van der Waals surface area (Å²) in [5.41, 5.74) is -0.949. The van der Waals surface area contributed by atoms with Gasteiger partial charge in [0, 0.05) is 24.4 Å². The third-order valence-corrected chi connectivity index (χ3v) is 9.07. The number of carbonyl (C=O) groups excluding carboxylic acids is 4. The number of carboxylic acid groups (broad SMARTS) is 2. The van der Waals surface area contributed by atoms with E-state index in [0.29, 0.717) is 18.4 Å². The zero-order chi connectivity index (χ0) is 34.1. The topological polar surface area (TPSA) is 235 Å². The fourth-order valence-electron chi connectivity index (χ4n) is 6.92. The van der Waals surface area contributed by atoms with Crippen LogP contribution in [0.1, 0.15) is 64.0 Å². The van der Waals surface area contributed by atoms with Gasteiger partial charge in [0.25, 0.3) is 5.91 Å². The van der Waals surface area contributed by atoms with E-state index in [1.165, 1.54) is 19.1 Å². The van der Waals surface area contributed by atoms with E-state index in [9.17, 15) is 39.0 Å². The van der Waals surface area contributed by atoms with Crippen molar-refractivity contribution in [2.75, 3.05) is 7.05 Å². The molecule has 2 aliphatic carbocycles. The molecule has 0 aromatic heterocycles. The van der Waals surface area contributed by atoms with Gasteiger partial charge in [-0.3, -0.25) is 19.2 Å². The highest BCUT2D eigenvalue weighted by molar-refractivity contribution is 5.91. The molecule has 0 radical (unpaired) electrons. The van der Waals surface area contributed by atoms with Crippen molar-refractivity contribution < 1.29 is 63.4 Å². The zero-order valence-electron chi connectivity index (χ0n) is 25.8. The summed E-state index contributed by atoms with van der Waals surface area (Å²) in [6.45, 7) is 4.18. The quantitative estimate of drug-likeness (QED) is 0.151. The van der Waals surface area contributed by atoms with E-state index in [0.717, 1.165) is 12.5 Å². The van der Waals surface area contributed by atoms with Crippen LogP contribution >= 0.6 is 0 Å². The summed E-state index contributed by atoms with van der Waals surface area (Å²) in [6.07, 6.45) is -2.15. The first-order valence-electron chi connectivity index (χ1n) is 14.9. The number of esters is 2. The molecule has 1 amide bonds. The van der Waals surface area contributed by atoms with Crippen molar-refractivity contribution in [1.82, 2.24) is 10.6 Å². The van der Waals surface area contributed by atoms with Crippen LogP contribution in [0.25, 0.3) is 0 Å². The molecule has 3 aliphatic rings. The Hall–Kier alpha value is -4.50. The molecule has 15 nitrogen and oxygen atoms in total. The van der Waals surface area contributed by atoms with Crippen LogP contribution in [0, 0.1) is 5.92 Å². The van der Waals surface area contributed by atoms with Crippen molar-refractivity contribution in [2.24, 2.45) is 5.92 Å². The van der Waals surface area contributed by atoms with E-state index in [2.05, 4.69) is 5.32 Å². The molecule has 0 bridgehead atoms. The number of Topliss-reactive ketones (excluding diaryl/α,β-unsaturated/α-hetero) is 1. The molecular formula is C31H38N2O13. The average Bonchev–Trinajstić information content (AvgIpc) is 3.35. The minimum atomic E-state index is -1.78. The second-order valence-corrected chi connectivity index (χ2v) is 11.9. The van der Waals surface area contributed by atoms with Crippen LogP contribution in [0.5, 0.6) is 11.5 Å². The van der Waals surface area contributed by atoms with E-state index in [-0.39, 0.29) is 29.7 Å². The first-order chi connectivity index (χ1) is 21.6. The zero-order valence-corrected chi connectivity index (χ0v) is 25.8. The summed E-state index contributed by atoms with van der Waals surface area (Å²) >= 11 is 0. The number of aromatic hydroxyl groups is 1. The number of carbonyl (C=O) groups is 6. The van der Waals surface area contributed by atoms with Crippen LogP contribution in [0.3, 0.4) is 0 Å². The van der Waals surface area contributed by atoms with Gasteiger partial charge in [-0.2, -0.15) is 0 Å². The summed E-state index contributed by atoms with van der Waals surface area (Å²) in [7, 11) is 1.74. The highest BCUT2D eigenvalue weighted by Gasteiger charge is 2.69. The molecule has 250 valence electrons. The van der Waals surface area contributed by atoms with Crippen molar-refractivity contribution in [3.05, 3.63) is 35.1 Å². The number of ketones is 1. The van der Waals surface area contributed by atoms with E-state index < -0.39 is 90.0 Å². The number of aliphatic carboxylic acids is 2. The van der Waals surface area contributed by atoms with Crippen molar-refractivity contribution in [1.29, 1.82) is 0 Å². The molecule has 1 heterocycles. The third-order valence-electron chi connectivity index (χ3n) is 9.07. The lowest BCUT2D eigenvalue weighted by Gasteiger charge is -2.56. The molecule has 0 saturated heterocycles. The number of hydrogen-bond donors (Lipinski definition) is 6. The van der Waals surface area contributed by atoms with Gasteiger partial charge in [-0.15, -0.1) is 0 Å². The number of hydrogen-bond acceptors (Lipinski definition) is 12. The van der Waals surface area contributed by atoms with Crippen LogP contribution < -0.4 is 15.4 Å². The van der Waals surface area contributed by atoms with Crippen LogP contribution in [0.15, 0.2) is 24.0 Å². The Kier molecular flexibility index (Phi) is 9.78.